The molecule has 0 spiro atoms. The van der Waals surface area contributed by atoms with Crippen molar-refractivity contribution < 1.29 is 9.59 Å². The number of nitrogens with zero attached hydrogens (tertiary/aromatic N) is 1. The van der Waals surface area contributed by atoms with E-state index in [1.165, 1.54) is 4.90 Å². The van der Waals surface area contributed by atoms with Gasteiger partial charge in [0.05, 0.1) is 10.9 Å². The van der Waals surface area contributed by atoms with Crippen molar-refractivity contribution in [3.8, 4) is 0 Å². The molecule has 2 atom stereocenters. The summed E-state index contributed by atoms with van der Waals surface area (Å²) < 4.78 is 0. The SMILES string of the molecule is CNC(=O)C(C)CN(C)C(=O)C(C(N)=S)c1ccccc1. The molecule has 5 nitrogen and oxygen atoms in total. The van der Waals surface area contributed by atoms with E-state index in [9.17, 15) is 9.59 Å². The molecular formula is C15H21N3O2S. The van der Waals surface area contributed by atoms with Crippen LogP contribution in [0.1, 0.15) is 18.4 Å². The number of carbonyl (C=O) groups is 2. The number of benzene rings is 1. The molecule has 1 aromatic carbocycles. The van der Waals surface area contributed by atoms with Gasteiger partial charge in [-0.25, -0.2) is 0 Å². The Morgan fingerprint density at radius 2 is 1.90 bits per heavy atom. The van der Waals surface area contributed by atoms with Crippen molar-refractivity contribution in [3.05, 3.63) is 35.9 Å². The molecular weight excluding hydrogens is 286 g/mol. The third-order valence-corrected chi connectivity index (χ3v) is 3.52. The summed E-state index contributed by atoms with van der Waals surface area (Å²) in [7, 11) is 3.22. The second-order valence-electron chi connectivity index (χ2n) is 4.98. The quantitative estimate of drug-likeness (QED) is 0.766. The van der Waals surface area contributed by atoms with E-state index in [1.54, 1.807) is 21.0 Å². The Morgan fingerprint density at radius 3 is 2.38 bits per heavy atom. The van der Waals surface area contributed by atoms with Crippen LogP contribution >= 0.6 is 12.2 Å². The van der Waals surface area contributed by atoms with Crippen LogP contribution in [0.5, 0.6) is 0 Å². The van der Waals surface area contributed by atoms with Gasteiger partial charge in [-0.3, -0.25) is 9.59 Å². The normalized spacial score (nSPS) is 13.1. The molecule has 2 amide bonds. The number of rotatable bonds is 6. The van der Waals surface area contributed by atoms with Crippen LogP contribution in [0.15, 0.2) is 30.3 Å². The Labute approximate surface area is 130 Å². The van der Waals surface area contributed by atoms with E-state index < -0.39 is 5.92 Å². The van der Waals surface area contributed by atoms with Gasteiger partial charge >= 0.3 is 0 Å². The fourth-order valence-corrected chi connectivity index (χ4v) is 2.36. The summed E-state index contributed by atoms with van der Waals surface area (Å²) in [5, 5.41) is 2.57. The summed E-state index contributed by atoms with van der Waals surface area (Å²) in [6, 6.07) is 9.17. The summed E-state index contributed by atoms with van der Waals surface area (Å²) in [5.41, 5.74) is 6.49. The number of thiocarbonyl (C=S) groups is 1. The van der Waals surface area contributed by atoms with E-state index in [4.69, 9.17) is 18.0 Å². The molecule has 0 bridgehead atoms. The Hall–Kier alpha value is -1.95. The molecule has 0 heterocycles. The van der Waals surface area contributed by atoms with Crippen molar-refractivity contribution in [1.29, 1.82) is 0 Å². The first-order valence-electron chi connectivity index (χ1n) is 6.69. The molecule has 0 aliphatic rings. The van der Waals surface area contributed by atoms with Crippen LogP contribution < -0.4 is 11.1 Å². The average Bonchev–Trinajstić information content (AvgIpc) is 2.46. The minimum absolute atomic E-state index is 0.110. The standard InChI is InChI=1S/C15H21N3O2S/c1-10(14(19)17-2)9-18(3)15(20)12(13(16)21)11-7-5-4-6-8-11/h4-8,10,12H,9H2,1-3H3,(H2,16,21)(H,17,19). The molecule has 21 heavy (non-hydrogen) atoms. The highest BCUT2D eigenvalue weighted by Gasteiger charge is 2.28. The number of hydrogen-bond donors (Lipinski definition) is 2. The Kier molecular flexibility index (Phi) is 6.30. The molecule has 6 heteroatoms. The van der Waals surface area contributed by atoms with Gasteiger partial charge < -0.3 is 16.0 Å². The van der Waals surface area contributed by atoms with Crippen LogP contribution in [0.3, 0.4) is 0 Å². The molecule has 114 valence electrons. The minimum atomic E-state index is -0.664. The largest absolute Gasteiger partial charge is 0.392 e. The van der Waals surface area contributed by atoms with Crippen LogP contribution in [0.4, 0.5) is 0 Å². The van der Waals surface area contributed by atoms with Crippen molar-refractivity contribution >= 4 is 29.0 Å². The van der Waals surface area contributed by atoms with Gasteiger partial charge in [-0.05, 0) is 5.56 Å². The number of nitrogens with one attached hydrogen (secondary N) is 1. The van der Waals surface area contributed by atoms with E-state index in [1.807, 2.05) is 30.3 Å². The van der Waals surface area contributed by atoms with Crippen molar-refractivity contribution in [2.24, 2.45) is 11.7 Å². The lowest BCUT2D eigenvalue weighted by Gasteiger charge is -2.25. The number of likely N-dealkylation sites (N-methyl/N-ethyl adjacent to an activating group) is 1. The summed E-state index contributed by atoms with van der Waals surface area (Å²) in [6.45, 7) is 2.07. The first-order chi connectivity index (χ1) is 9.88. The summed E-state index contributed by atoms with van der Waals surface area (Å²) in [4.78, 5) is 25.7. The monoisotopic (exact) mass is 307 g/mol. The Bertz CT molecular complexity index is 519. The third kappa shape index (κ3) is 4.53. The maximum atomic E-state index is 12.6. The fourth-order valence-electron chi connectivity index (χ4n) is 2.12. The van der Waals surface area contributed by atoms with Crippen LogP contribution in [-0.4, -0.2) is 42.3 Å². The highest BCUT2D eigenvalue weighted by Crippen LogP contribution is 2.19. The highest BCUT2D eigenvalue weighted by molar-refractivity contribution is 7.80. The van der Waals surface area contributed by atoms with Crippen LogP contribution in [0.2, 0.25) is 0 Å². The van der Waals surface area contributed by atoms with Gasteiger partial charge in [-0.1, -0.05) is 49.5 Å². The second-order valence-corrected chi connectivity index (χ2v) is 5.45. The summed E-state index contributed by atoms with van der Waals surface area (Å²) in [6.07, 6.45) is 0. The first kappa shape index (κ1) is 17.1. The molecule has 0 radical (unpaired) electrons. The third-order valence-electron chi connectivity index (χ3n) is 3.28. The Morgan fingerprint density at radius 1 is 1.33 bits per heavy atom. The number of nitrogens with two attached hydrogens (primary N) is 1. The average molecular weight is 307 g/mol. The van der Waals surface area contributed by atoms with Gasteiger partial charge in [-0.15, -0.1) is 0 Å². The number of amides is 2. The molecule has 2 unspecified atom stereocenters. The molecule has 0 saturated carbocycles. The van der Waals surface area contributed by atoms with Gasteiger partial charge in [0.1, 0.15) is 5.92 Å². The van der Waals surface area contributed by atoms with Crippen molar-refractivity contribution in [1.82, 2.24) is 10.2 Å². The highest BCUT2D eigenvalue weighted by atomic mass is 32.1. The molecule has 0 fully saturated rings. The van der Waals surface area contributed by atoms with Gasteiger partial charge in [0.2, 0.25) is 11.8 Å². The van der Waals surface area contributed by atoms with Gasteiger partial charge in [0, 0.05) is 20.6 Å². The van der Waals surface area contributed by atoms with Crippen LogP contribution in [-0.2, 0) is 9.59 Å². The van der Waals surface area contributed by atoms with Crippen molar-refractivity contribution in [2.75, 3.05) is 20.6 Å². The zero-order valence-corrected chi connectivity index (χ0v) is 13.3. The van der Waals surface area contributed by atoms with Crippen molar-refractivity contribution in [3.63, 3.8) is 0 Å². The molecule has 1 aromatic rings. The summed E-state index contributed by atoms with van der Waals surface area (Å²) >= 11 is 5.03. The Balaban J connectivity index is 2.87. The zero-order valence-electron chi connectivity index (χ0n) is 12.5. The van der Waals surface area contributed by atoms with Gasteiger partial charge in [-0.2, -0.15) is 0 Å². The van der Waals surface area contributed by atoms with Gasteiger partial charge in [0.15, 0.2) is 0 Å². The molecule has 0 aliphatic carbocycles. The van der Waals surface area contributed by atoms with E-state index >= 15 is 0 Å². The molecule has 0 saturated heterocycles. The topological polar surface area (TPSA) is 75.4 Å². The van der Waals surface area contributed by atoms with Crippen LogP contribution in [0.25, 0.3) is 0 Å². The van der Waals surface area contributed by atoms with Crippen molar-refractivity contribution in [2.45, 2.75) is 12.8 Å². The van der Waals surface area contributed by atoms with E-state index in [-0.39, 0.29) is 22.7 Å². The molecule has 1 rings (SSSR count). The predicted molar refractivity (Wildman–Crippen MR) is 86.8 cm³/mol. The van der Waals surface area contributed by atoms with E-state index in [2.05, 4.69) is 5.32 Å². The molecule has 0 aromatic heterocycles. The minimum Gasteiger partial charge on any atom is -0.392 e. The predicted octanol–water partition coefficient (Wildman–Crippen LogP) is 0.897. The number of hydrogen-bond acceptors (Lipinski definition) is 3. The smallest absolute Gasteiger partial charge is 0.236 e. The maximum Gasteiger partial charge on any atom is 0.236 e. The molecule has 3 N–H and O–H groups in total. The lowest BCUT2D eigenvalue weighted by molar-refractivity contribution is -0.132. The second kappa shape index (κ2) is 7.73. The lowest BCUT2D eigenvalue weighted by Crippen LogP contribution is -2.42. The van der Waals surface area contributed by atoms with E-state index in [0.29, 0.717) is 6.54 Å². The lowest BCUT2D eigenvalue weighted by atomic mass is 9.97. The zero-order chi connectivity index (χ0) is 16.0. The van der Waals surface area contributed by atoms with Crippen LogP contribution in [0, 0.1) is 5.92 Å². The van der Waals surface area contributed by atoms with E-state index in [0.717, 1.165) is 5.56 Å². The van der Waals surface area contributed by atoms with Gasteiger partial charge in [0.25, 0.3) is 0 Å². The maximum absolute atomic E-state index is 12.6. The first-order valence-corrected chi connectivity index (χ1v) is 7.10. The fraction of sp³-hybridized carbons (Fsp3) is 0.400. The summed E-state index contributed by atoms with van der Waals surface area (Å²) in [5.74, 6) is -1.28. The number of carbonyl (C=O) groups excluding carboxylic acids is 2. The molecule has 0 aliphatic heterocycles.